The third-order valence-electron chi connectivity index (χ3n) is 3.93. The predicted octanol–water partition coefficient (Wildman–Crippen LogP) is 4.23. The van der Waals surface area contributed by atoms with Gasteiger partial charge in [0, 0.05) is 28.5 Å². The van der Waals surface area contributed by atoms with E-state index in [0.717, 1.165) is 21.7 Å². The van der Waals surface area contributed by atoms with Gasteiger partial charge in [0.2, 0.25) is 0 Å². The SMILES string of the molecule is O=c1cc(COc2cccc(O)c2)c2ccc3ccccc3c2o1. The van der Waals surface area contributed by atoms with Crippen molar-refractivity contribution in [1.82, 2.24) is 0 Å². The minimum Gasteiger partial charge on any atom is -0.508 e. The van der Waals surface area contributed by atoms with Crippen molar-refractivity contribution >= 4 is 21.7 Å². The number of phenols is 1. The van der Waals surface area contributed by atoms with Crippen LogP contribution in [0.4, 0.5) is 0 Å². The first-order valence-corrected chi connectivity index (χ1v) is 7.57. The van der Waals surface area contributed by atoms with E-state index in [0.29, 0.717) is 11.3 Å². The summed E-state index contributed by atoms with van der Waals surface area (Å²) in [6, 6.07) is 19.7. The third kappa shape index (κ3) is 2.58. The van der Waals surface area contributed by atoms with Crippen LogP contribution in [-0.4, -0.2) is 5.11 Å². The maximum atomic E-state index is 12.0. The van der Waals surface area contributed by atoms with Gasteiger partial charge in [-0.15, -0.1) is 0 Å². The van der Waals surface area contributed by atoms with E-state index in [1.54, 1.807) is 18.2 Å². The average molecular weight is 318 g/mol. The molecule has 0 amide bonds. The number of hydrogen-bond acceptors (Lipinski definition) is 4. The molecular weight excluding hydrogens is 304 g/mol. The Kier molecular flexibility index (Phi) is 3.43. The molecule has 4 heteroatoms. The molecule has 1 N–H and O–H groups in total. The number of hydrogen-bond donors (Lipinski definition) is 1. The minimum absolute atomic E-state index is 0.135. The van der Waals surface area contributed by atoms with Crippen LogP contribution in [0, 0.1) is 0 Å². The molecule has 4 rings (SSSR count). The highest BCUT2D eigenvalue weighted by Gasteiger charge is 2.10. The fraction of sp³-hybridized carbons (Fsp3) is 0.0500. The summed E-state index contributed by atoms with van der Waals surface area (Å²) in [4.78, 5) is 12.0. The van der Waals surface area contributed by atoms with E-state index >= 15 is 0 Å². The molecule has 0 fully saturated rings. The van der Waals surface area contributed by atoms with Gasteiger partial charge in [0.25, 0.3) is 0 Å². The van der Waals surface area contributed by atoms with Crippen LogP contribution < -0.4 is 10.4 Å². The highest BCUT2D eigenvalue weighted by Crippen LogP contribution is 2.27. The predicted molar refractivity (Wildman–Crippen MR) is 92.4 cm³/mol. The Hall–Kier alpha value is -3.27. The van der Waals surface area contributed by atoms with Gasteiger partial charge >= 0.3 is 5.63 Å². The van der Waals surface area contributed by atoms with E-state index < -0.39 is 5.63 Å². The number of ether oxygens (including phenoxy) is 1. The molecule has 3 aromatic carbocycles. The molecule has 0 aliphatic carbocycles. The second kappa shape index (κ2) is 5.74. The number of rotatable bonds is 3. The van der Waals surface area contributed by atoms with Crippen LogP contribution in [-0.2, 0) is 6.61 Å². The zero-order valence-corrected chi connectivity index (χ0v) is 12.7. The normalized spacial score (nSPS) is 11.0. The molecular formula is C20H14O4. The Bertz CT molecular complexity index is 1100. The van der Waals surface area contributed by atoms with Crippen LogP contribution in [0.3, 0.4) is 0 Å². The second-order valence-corrected chi connectivity index (χ2v) is 5.54. The van der Waals surface area contributed by atoms with Crippen LogP contribution in [0.15, 0.2) is 75.9 Å². The molecule has 4 aromatic rings. The van der Waals surface area contributed by atoms with Gasteiger partial charge in [0.1, 0.15) is 23.7 Å². The molecule has 0 bridgehead atoms. The van der Waals surface area contributed by atoms with Crippen molar-refractivity contribution in [2.75, 3.05) is 0 Å². The largest absolute Gasteiger partial charge is 0.508 e. The first-order valence-electron chi connectivity index (χ1n) is 7.57. The van der Waals surface area contributed by atoms with Crippen molar-refractivity contribution < 1.29 is 14.3 Å². The molecule has 4 nitrogen and oxygen atoms in total. The van der Waals surface area contributed by atoms with Crippen LogP contribution in [0.2, 0.25) is 0 Å². The number of fused-ring (bicyclic) bond motifs is 3. The number of benzene rings is 3. The van der Waals surface area contributed by atoms with E-state index in [1.165, 1.54) is 12.1 Å². The van der Waals surface area contributed by atoms with Crippen molar-refractivity contribution in [3.05, 3.63) is 82.7 Å². The molecule has 118 valence electrons. The summed E-state index contributed by atoms with van der Waals surface area (Å²) in [6.45, 7) is 0.212. The molecule has 0 aliphatic rings. The Morgan fingerprint density at radius 2 is 1.79 bits per heavy atom. The summed E-state index contributed by atoms with van der Waals surface area (Å²) in [5.41, 5.74) is 0.902. The maximum Gasteiger partial charge on any atom is 0.336 e. The summed E-state index contributed by atoms with van der Waals surface area (Å²) >= 11 is 0. The molecule has 24 heavy (non-hydrogen) atoms. The van der Waals surface area contributed by atoms with Crippen LogP contribution >= 0.6 is 0 Å². The van der Waals surface area contributed by atoms with Crippen molar-refractivity contribution in [3.63, 3.8) is 0 Å². The highest BCUT2D eigenvalue weighted by atomic mass is 16.5. The van der Waals surface area contributed by atoms with Gasteiger partial charge < -0.3 is 14.3 Å². The highest BCUT2D eigenvalue weighted by molar-refractivity contribution is 6.04. The van der Waals surface area contributed by atoms with E-state index in [4.69, 9.17) is 9.15 Å². The molecule has 0 unspecified atom stereocenters. The topological polar surface area (TPSA) is 59.7 Å². The lowest BCUT2D eigenvalue weighted by molar-refractivity contribution is 0.305. The fourth-order valence-corrected chi connectivity index (χ4v) is 2.81. The molecule has 0 saturated heterocycles. The smallest absolute Gasteiger partial charge is 0.336 e. The van der Waals surface area contributed by atoms with Crippen molar-refractivity contribution in [2.45, 2.75) is 6.61 Å². The summed E-state index contributed by atoms with van der Waals surface area (Å²) in [5.74, 6) is 0.674. The fourth-order valence-electron chi connectivity index (χ4n) is 2.81. The second-order valence-electron chi connectivity index (χ2n) is 5.54. The van der Waals surface area contributed by atoms with E-state index in [1.807, 2.05) is 36.4 Å². The van der Waals surface area contributed by atoms with Gasteiger partial charge in [-0.05, 0) is 17.5 Å². The molecule has 0 spiro atoms. The van der Waals surface area contributed by atoms with Gasteiger partial charge in [-0.3, -0.25) is 0 Å². The first kappa shape index (κ1) is 14.3. The molecule has 0 atom stereocenters. The zero-order chi connectivity index (χ0) is 16.5. The van der Waals surface area contributed by atoms with E-state index in [9.17, 15) is 9.90 Å². The third-order valence-corrected chi connectivity index (χ3v) is 3.93. The lowest BCUT2D eigenvalue weighted by Crippen LogP contribution is -2.04. The molecule has 0 aliphatic heterocycles. The maximum absolute atomic E-state index is 12.0. The van der Waals surface area contributed by atoms with Crippen LogP contribution in [0.5, 0.6) is 11.5 Å². The first-order chi connectivity index (χ1) is 11.7. The van der Waals surface area contributed by atoms with Crippen molar-refractivity contribution in [3.8, 4) is 11.5 Å². The Balaban J connectivity index is 1.80. The van der Waals surface area contributed by atoms with Gasteiger partial charge in [0.15, 0.2) is 0 Å². The summed E-state index contributed by atoms with van der Waals surface area (Å²) < 4.78 is 11.1. The molecule has 0 radical (unpaired) electrons. The zero-order valence-electron chi connectivity index (χ0n) is 12.7. The summed E-state index contributed by atoms with van der Waals surface area (Å²) in [5, 5.41) is 12.2. The van der Waals surface area contributed by atoms with E-state index in [-0.39, 0.29) is 12.4 Å². The molecule has 1 aromatic heterocycles. The van der Waals surface area contributed by atoms with Gasteiger partial charge in [0.05, 0.1) is 0 Å². The standard InChI is InChI=1S/C20H14O4/c21-15-5-3-6-16(11-15)23-12-14-10-19(22)24-20-17-7-2-1-4-13(17)8-9-18(14)20/h1-11,21H,12H2. The Labute approximate surface area is 137 Å². The monoisotopic (exact) mass is 318 g/mol. The van der Waals surface area contributed by atoms with Gasteiger partial charge in [-0.1, -0.05) is 42.5 Å². The Morgan fingerprint density at radius 1 is 0.917 bits per heavy atom. The quantitative estimate of drug-likeness (QED) is 0.453. The van der Waals surface area contributed by atoms with Crippen LogP contribution in [0.25, 0.3) is 21.7 Å². The number of phenolic OH excluding ortho intramolecular Hbond substituents is 1. The average Bonchev–Trinajstić information content (AvgIpc) is 2.59. The Morgan fingerprint density at radius 3 is 2.67 bits per heavy atom. The van der Waals surface area contributed by atoms with E-state index in [2.05, 4.69) is 0 Å². The lowest BCUT2D eigenvalue weighted by atomic mass is 10.0. The molecule has 0 saturated carbocycles. The van der Waals surface area contributed by atoms with Gasteiger partial charge in [-0.2, -0.15) is 0 Å². The summed E-state index contributed by atoms with van der Waals surface area (Å²) in [6.07, 6.45) is 0. The van der Waals surface area contributed by atoms with Crippen LogP contribution in [0.1, 0.15) is 5.56 Å². The number of aromatic hydroxyl groups is 1. The van der Waals surface area contributed by atoms with Crippen molar-refractivity contribution in [1.29, 1.82) is 0 Å². The van der Waals surface area contributed by atoms with Crippen molar-refractivity contribution in [2.24, 2.45) is 0 Å². The minimum atomic E-state index is -0.409. The summed E-state index contributed by atoms with van der Waals surface area (Å²) in [7, 11) is 0. The molecule has 1 heterocycles. The van der Waals surface area contributed by atoms with Gasteiger partial charge in [-0.25, -0.2) is 4.79 Å². The lowest BCUT2D eigenvalue weighted by Gasteiger charge is -2.10.